The average molecular weight is 312 g/mol. The van der Waals surface area contributed by atoms with Gasteiger partial charge < -0.3 is 15.3 Å². The lowest BCUT2D eigenvalue weighted by Crippen LogP contribution is -2.23. The van der Waals surface area contributed by atoms with Crippen LogP contribution >= 0.6 is 0 Å². The highest BCUT2D eigenvalue weighted by atomic mass is 16.4. The first-order valence-corrected chi connectivity index (χ1v) is 8.45. The molecule has 4 nitrogen and oxygen atoms in total. The minimum atomic E-state index is -0.701. The Morgan fingerprint density at radius 3 is 2.23 bits per heavy atom. The first-order chi connectivity index (χ1) is 10.6. The zero-order valence-corrected chi connectivity index (χ0v) is 13.8. The molecule has 0 fully saturated rings. The second-order valence-electron chi connectivity index (χ2n) is 5.66. The highest BCUT2D eigenvalue weighted by Crippen LogP contribution is 2.08. The molecule has 0 aromatic rings. The molecule has 0 amide bonds. The van der Waals surface area contributed by atoms with Gasteiger partial charge in [0.2, 0.25) is 0 Å². The number of rotatable bonds is 14. The molecule has 128 valence electrons. The summed E-state index contributed by atoms with van der Waals surface area (Å²) < 4.78 is 0. The summed E-state index contributed by atoms with van der Waals surface area (Å²) in [6, 6.07) is 0. The number of unbranched alkanes of at least 4 members (excludes halogenated alkanes) is 5. The molecule has 0 aliphatic rings. The topological polar surface area (TPSA) is 77.8 Å². The molecule has 0 radical (unpaired) electrons. The van der Waals surface area contributed by atoms with Crippen molar-refractivity contribution in [3.05, 3.63) is 24.3 Å². The van der Waals surface area contributed by atoms with Gasteiger partial charge in [-0.3, -0.25) is 4.79 Å². The second-order valence-corrected chi connectivity index (χ2v) is 5.66. The Kier molecular flexibility index (Phi) is 14.0. The van der Waals surface area contributed by atoms with Crippen molar-refractivity contribution < 1.29 is 20.1 Å². The Labute approximate surface area is 134 Å². The molecule has 4 heteroatoms. The largest absolute Gasteiger partial charge is 0.481 e. The Morgan fingerprint density at radius 1 is 0.909 bits per heavy atom. The van der Waals surface area contributed by atoms with Crippen LogP contribution in [0.15, 0.2) is 24.3 Å². The van der Waals surface area contributed by atoms with Crippen molar-refractivity contribution in [2.45, 2.75) is 83.3 Å². The summed E-state index contributed by atoms with van der Waals surface area (Å²) in [7, 11) is 0. The summed E-state index contributed by atoms with van der Waals surface area (Å²) in [6.45, 7) is 1.85. The maximum absolute atomic E-state index is 10.3. The number of aliphatic hydroxyl groups is 2. The number of aliphatic hydroxyl groups excluding tert-OH is 2. The number of aliphatic carboxylic acids is 1. The molecule has 3 N–H and O–H groups in total. The zero-order chi connectivity index (χ0) is 16.6. The third kappa shape index (κ3) is 13.8. The Morgan fingerprint density at radius 2 is 1.55 bits per heavy atom. The number of allylic oxidation sites excluding steroid dienone is 3. The summed E-state index contributed by atoms with van der Waals surface area (Å²) in [5.41, 5.74) is 0. The number of carboxylic acid groups (broad SMARTS) is 1. The van der Waals surface area contributed by atoms with Gasteiger partial charge in [0.05, 0.1) is 12.2 Å². The van der Waals surface area contributed by atoms with Crippen LogP contribution in [0.1, 0.15) is 71.1 Å². The predicted molar refractivity (Wildman–Crippen MR) is 89.8 cm³/mol. The van der Waals surface area contributed by atoms with Crippen molar-refractivity contribution in [1.29, 1.82) is 0 Å². The van der Waals surface area contributed by atoms with E-state index in [0.717, 1.165) is 44.9 Å². The minimum Gasteiger partial charge on any atom is -0.481 e. The molecule has 0 aliphatic heterocycles. The van der Waals surface area contributed by atoms with E-state index in [4.69, 9.17) is 5.11 Å². The van der Waals surface area contributed by atoms with Gasteiger partial charge in [0.25, 0.3) is 0 Å². The summed E-state index contributed by atoms with van der Waals surface area (Å²) in [5, 5.41) is 27.5. The van der Waals surface area contributed by atoms with Gasteiger partial charge in [-0.25, -0.2) is 0 Å². The molecule has 22 heavy (non-hydrogen) atoms. The molecule has 0 aromatic carbocycles. The van der Waals surface area contributed by atoms with Crippen LogP contribution in [-0.2, 0) is 4.79 Å². The molecule has 0 aromatic heterocycles. The van der Waals surface area contributed by atoms with E-state index in [1.165, 1.54) is 0 Å². The molecule has 0 bridgehead atoms. The van der Waals surface area contributed by atoms with Gasteiger partial charge in [-0.1, -0.05) is 50.5 Å². The molecule has 0 heterocycles. The van der Waals surface area contributed by atoms with Crippen LogP contribution < -0.4 is 0 Å². The Balaban J connectivity index is 3.39. The van der Waals surface area contributed by atoms with E-state index in [1.807, 2.05) is 19.1 Å². The molecule has 0 saturated heterocycles. The predicted octanol–water partition coefficient (Wildman–Crippen LogP) is 3.83. The van der Waals surface area contributed by atoms with Crippen molar-refractivity contribution >= 4 is 5.97 Å². The third-order valence-corrected chi connectivity index (χ3v) is 3.61. The maximum atomic E-state index is 10.3. The molecule has 0 spiro atoms. The van der Waals surface area contributed by atoms with Gasteiger partial charge in [-0.2, -0.15) is 0 Å². The van der Waals surface area contributed by atoms with E-state index in [1.54, 1.807) is 0 Å². The lowest BCUT2D eigenvalue weighted by Gasteiger charge is -2.13. The normalized spacial score (nSPS) is 14.7. The van der Waals surface area contributed by atoms with Crippen molar-refractivity contribution in [2.24, 2.45) is 0 Å². The summed E-state index contributed by atoms with van der Waals surface area (Å²) in [6.07, 6.45) is 15.4. The van der Waals surface area contributed by atoms with Gasteiger partial charge in [0.1, 0.15) is 0 Å². The highest BCUT2D eigenvalue weighted by Gasteiger charge is 2.11. The third-order valence-electron chi connectivity index (χ3n) is 3.61. The SMILES string of the molecule is CC[C@@H](O)[C@H](O)C/C=C\C/C=C\CCCCCCCC(=O)O. The fourth-order valence-corrected chi connectivity index (χ4v) is 2.12. The lowest BCUT2D eigenvalue weighted by molar-refractivity contribution is -0.137. The first-order valence-electron chi connectivity index (χ1n) is 8.45. The smallest absolute Gasteiger partial charge is 0.303 e. The van der Waals surface area contributed by atoms with Crippen LogP contribution in [0, 0.1) is 0 Å². The van der Waals surface area contributed by atoms with Crippen molar-refractivity contribution in [1.82, 2.24) is 0 Å². The second kappa shape index (κ2) is 14.8. The monoisotopic (exact) mass is 312 g/mol. The standard InChI is InChI=1S/C18H32O4/c1-2-16(19)17(20)14-12-10-8-6-4-3-5-7-9-11-13-15-18(21)22/h4,6,10,12,16-17,19-20H,2-3,5,7-9,11,13-15H2,1H3,(H,21,22)/b6-4-,12-10-/t16-,17-/m1/s1. The summed E-state index contributed by atoms with van der Waals surface area (Å²) in [4.78, 5) is 10.3. The molecular weight excluding hydrogens is 280 g/mol. The van der Waals surface area contributed by atoms with Crippen LogP contribution in [0.4, 0.5) is 0 Å². The molecular formula is C18H32O4. The van der Waals surface area contributed by atoms with Crippen molar-refractivity contribution in [3.8, 4) is 0 Å². The highest BCUT2D eigenvalue weighted by molar-refractivity contribution is 5.66. The van der Waals surface area contributed by atoms with Crippen LogP contribution in [0.25, 0.3) is 0 Å². The Bertz CT molecular complexity index is 323. The number of carbonyl (C=O) groups is 1. The van der Waals surface area contributed by atoms with Crippen LogP contribution in [0.2, 0.25) is 0 Å². The van der Waals surface area contributed by atoms with Gasteiger partial charge in [-0.15, -0.1) is 0 Å². The number of carboxylic acids is 1. The number of hydrogen-bond donors (Lipinski definition) is 3. The zero-order valence-electron chi connectivity index (χ0n) is 13.8. The molecule has 0 unspecified atom stereocenters. The summed E-state index contributed by atoms with van der Waals surface area (Å²) >= 11 is 0. The van der Waals surface area contributed by atoms with Crippen molar-refractivity contribution in [3.63, 3.8) is 0 Å². The van der Waals surface area contributed by atoms with Gasteiger partial charge in [0.15, 0.2) is 0 Å². The quantitative estimate of drug-likeness (QED) is 0.336. The van der Waals surface area contributed by atoms with E-state index in [2.05, 4.69) is 12.2 Å². The molecule has 0 aliphatic carbocycles. The van der Waals surface area contributed by atoms with E-state index in [-0.39, 0.29) is 6.42 Å². The van der Waals surface area contributed by atoms with E-state index < -0.39 is 18.2 Å². The van der Waals surface area contributed by atoms with E-state index in [0.29, 0.717) is 12.8 Å². The first kappa shape index (κ1) is 20.9. The van der Waals surface area contributed by atoms with E-state index >= 15 is 0 Å². The fourth-order valence-electron chi connectivity index (χ4n) is 2.12. The van der Waals surface area contributed by atoms with Crippen LogP contribution in [0.5, 0.6) is 0 Å². The minimum absolute atomic E-state index is 0.288. The van der Waals surface area contributed by atoms with Gasteiger partial charge >= 0.3 is 5.97 Å². The molecule has 0 saturated carbocycles. The summed E-state index contributed by atoms with van der Waals surface area (Å²) in [5.74, 6) is -0.701. The fraction of sp³-hybridized carbons (Fsp3) is 0.722. The van der Waals surface area contributed by atoms with Gasteiger partial charge in [-0.05, 0) is 38.5 Å². The number of hydrogen-bond acceptors (Lipinski definition) is 3. The molecule has 0 rings (SSSR count). The van der Waals surface area contributed by atoms with Crippen LogP contribution in [-0.4, -0.2) is 33.5 Å². The van der Waals surface area contributed by atoms with Crippen LogP contribution in [0.3, 0.4) is 0 Å². The average Bonchev–Trinajstić information content (AvgIpc) is 2.50. The van der Waals surface area contributed by atoms with E-state index in [9.17, 15) is 15.0 Å². The Hall–Kier alpha value is -1.13. The lowest BCUT2D eigenvalue weighted by atomic mass is 10.1. The molecule has 2 atom stereocenters. The van der Waals surface area contributed by atoms with Gasteiger partial charge in [0, 0.05) is 6.42 Å². The maximum Gasteiger partial charge on any atom is 0.303 e. The van der Waals surface area contributed by atoms with Crippen molar-refractivity contribution in [2.75, 3.05) is 0 Å².